The van der Waals surface area contributed by atoms with Crippen molar-refractivity contribution in [3.63, 3.8) is 0 Å². The number of nitrogens with zero attached hydrogens (tertiary/aromatic N) is 3. The number of aryl methyl sites for hydroxylation is 1. The first-order chi connectivity index (χ1) is 21.3. The molecule has 3 aromatic carbocycles. The molecule has 2 aromatic heterocycles. The first kappa shape index (κ1) is 29.8. The normalized spacial score (nSPS) is 10.8. The van der Waals surface area contributed by atoms with Gasteiger partial charge in [-0.1, -0.05) is 0 Å². The molecule has 0 aliphatic heterocycles. The van der Waals surface area contributed by atoms with Crippen LogP contribution in [0.5, 0.6) is 28.7 Å². The van der Waals surface area contributed by atoms with Crippen LogP contribution in [0.3, 0.4) is 0 Å². The van der Waals surface area contributed by atoms with E-state index < -0.39 is 28.9 Å². The van der Waals surface area contributed by atoms with E-state index in [0.717, 1.165) is 27.5 Å². The monoisotopic (exact) mass is 602 g/mol. The van der Waals surface area contributed by atoms with Gasteiger partial charge in [0.25, 0.3) is 0 Å². The van der Waals surface area contributed by atoms with Crippen LogP contribution in [0.15, 0.2) is 88.7 Å². The Morgan fingerprint density at radius 3 is 2.32 bits per heavy atom. The molecule has 0 unspecified atom stereocenters. The van der Waals surface area contributed by atoms with Crippen molar-refractivity contribution in [3.8, 4) is 34.4 Å². The molecule has 0 aliphatic carbocycles. The van der Waals surface area contributed by atoms with Crippen molar-refractivity contribution in [3.05, 3.63) is 106 Å². The van der Waals surface area contributed by atoms with Gasteiger partial charge in [0.2, 0.25) is 5.75 Å². The number of hydrogen-bond acceptors (Lipinski definition) is 9. The van der Waals surface area contributed by atoms with Crippen LogP contribution in [0, 0.1) is 5.82 Å². The summed E-state index contributed by atoms with van der Waals surface area (Å²) >= 11 is 0. The smallest absolute Gasteiger partial charge is 0.417 e. The van der Waals surface area contributed by atoms with Crippen LogP contribution in [-0.2, 0) is 6.54 Å². The average Bonchev–Trinajstić information content (AvgIpc) is 3.03. The first-order valence-electron chi connectivity index (χ1n) is 13.3. The summed E-state index contributed by atoms with van der Waals surface area (Å²) in [6.07, 6.45) is 1.92. The molecular weight excluding hydrogens is 575 g/mol. The fraction of sp³-hybridized carbons (Fsp3) is 0.161. The fourth-order valence-corrected chi connectivity index (χ4v) is 4.38. The van der Waals surface area contributed by atoms with E-state index in [1.807, 2.05) is 0 Å². The summed E-state index contributed by atoms with van der Waals surface area (Å²) in [6, 6.07) is 16.3. The number of carbonyl (C=O) groups excluding carboxylic acids is 1. The van der Waals surface area contributed by atoms with E-state index in [4.69, 9.17) is 18.9 Å². The van der Waals surface area contributed by atoms with E-state index in [1.165, 1.54) is 26.4 Å². The molecular formula is C31H27FN4O8. The van der Waals surface area contributed by atoms with Crippen molar-refractivity contribution in [2.75, 3.05) is 26.1 Å². The molecule has 2 heterocycles. The minimum atomic E-state index is -0.991. The summed E-state index contributed by atoms with van der Waals surface area (Å²) in [5.41, 5.74) is -0.596. The number of anilines is 1. The lowest BCUT2D eigenvalue weighted by Crippen LogP contribution is -2.39. The van der Waals surface area contributed by atoms with Crippen LogP contribution in [-0.4, -0.2) is 46.1 Å². The largest absolute Gasteiger partial charge is 0.493 e. The number of methoxy groups -OCH3 is 2. The molecule has 0 saturated heterocycles. The highest BCUT2D eigenvalue weighted by Gasteiger charge is 2.18. The summed E-state index contributed by atoms with van der Waals surface area (Å²) in [7, 11) is 3.07. The zero-order valence-corrected chi connectivity index (χ0v) is 23.7. The zero-order chi connectivity index (χ0) is 31.2. The van der Waals surface area contributed by atoms with Crippen molar-refractivity contribution in [2.45, 2.75) is 13.0 Å². The minimum Gasteiger partial charge on any atom is -0.493 e. The predicted molar refractivity (Wildman–Crippen MR) is 159 cm³/mol. The second kappa shape index (κ2) is 13.1. The molecule has 0 atom stereocenters. The number of aliphatic hydroxyl groups is 1. The molecule has 0 radical (unpaired) electrons. The van der Waals surface area contributed by atoms with Crippen molar-refractivity contribution < 1.29 is 33.2 Å². The summed E-state index contributed by atoms with van der Waals surface area (Å²) in [5.74, 6) is 1.03. The number of benzene rings is 3. The van der Waals surface area contributed by atoms with E-state index in [9.17, 15) is 23.9 Å². The molecule has 0 aliphatic rings. The summed E-state index contributed by atoms with van der Waals surface area (Å²) in [4.78, 5) is 43.2. The maximum absolute atomic E-state index is 13.5. The van der Waals surface area contributed by atoms with Gasteiger partial charge in [-0.05, 0) is 67.1 Å². The van der Waals surface area contributed by atoms with Gasteiger partial charge in [0.1, 0.15) is 17.3 Å². The summed E-state index contributed by atoms with van der Waals surface area (Å²) in [6.45, 7) is -0.165. The number of fused-ring (bicyclic) bond motifs is 1. The SMILES string of the molecule is COc1cc2nccc(Oc3ccc(NC(=O)Oc4cn(CCCO)c(=O)n(-c5ccc(F)cc5)c4=O)cc3)c2cc1OC. The van der Waals surface area contributed by atoms with Crippen LogP contribution in [0.25, 0.3) is 16.6 Å². The first-order valence-corrected chi connectivity index (χ1v) is 13.3. The number of ether oxygens (including phenoxy) is 4. The van der Waals surface area contributed by atoms with Crippen LogP contribution in [0.4, 0.5) is 14.9 Å². The van der Waals surface area contributed by atoms with Gasteiger partial charge in [0, 0.05) is 36.5 Å². The second-order valence-corrected chi connectivity index (χ2v) is 9.34. The quantitative estimate of drug-likeness (QED) is 0.236. The van der Waals surface area contributed by atoms with Crippen LogP contribution in [0.1, 0.15) is 6.42 Å². The summed E-state index contributed by atoms with van der Waals surface area (Å²) < 4.78 is 37.4. The van der Waals surface area contributed by atoms with Gasteiger partial charge in [-0.3, -0.25) is 19.7 Å². The standard InChI is InChI=1S/C31H27FN4O8/c1-41-26-16-23-24(17-27(26)42-2)33-13-12-25(23)43-22-10-6-20(7-11-22)34-30(39)44-28-18-35(14-3-15-37)31(40)36(29(28)38)21-8-4-19(32)5-9-21/h4-13,16-18,37H,3,14-15H2,1-2H3,(H,34,39). The third-order valence-corrected chi connectivity index (χ3v) is 6.50. The lowest BCUT2D eigenvalue weighted by Gasteiger charge is -2.14. The lowest BCUT2D eigenvalue weighted by molar-refractivity contribution is 0.213. The van der Waals surface area contributed by atoms with Crippen LogP contribution in [0.2, 0.25) is 0 Å². The number of rotatable bonds is 10. The number of amides is 1. The molecule has 0 saturated carbocycles. The van der Waals surface area contributed by atoms with Gasteiger partial charge in [0.05, 0.1) is 31.6 Å². The number of aromatic nitrogens is 3. The van der Waals surface area contributed by atoms with Crippen molar-refractivity contribution >= 4 is 22.7 Å². The molecule has 2 N–H and O–H groups in total. The van der Waals surface area contributed by atoms with Gasteiger partial charge in [-0.15, -0.1) is 0 Å². The Morgan fingerprint density at radius 1 is 0.932 bits per heavy atom. The molecule has 226 valence electrons. The molecule has 44 heavy (non-hydrogen) atoms. The van der Waals surface area contributed by atoms with Gasteiger partial charge < -0.3 is 24.1 Å². The van der Waals surface area contributed by atoms with Crippen LogP contribution >= 0.6 is 0 Å². The topological polar surface area (TPSA) is 143 Å². The predicted octanol–water partition coefficient (Wildman–Crippen LogP) is 4.49. The summed E-state index contributed by atoms with van der Waals surface area (Å²) in [5, 5.41) is 12.4. The Kier molecular flexibility index (Phi) is 8.86. The van der Waals surface area contributed by atoms with E-state index in [2.05, 4.69) is 10.3 Å². The van der Waals surface area contributed by atoms with Gasteiger partial charge in [0.15, 0.2) is 11.5 Å². The highest BCUT2D eigenvalue weighted by Crippen LogP contribution is 2.37. The third kappa shape index (κ3) is 6.37. The Morgan fingerprint density at radius 2 is 1.64 bits per heavy atom. The molecule has 0 fully saturated rings. The Balaban J connectivity index is 1.34. The lowest BCUT2D eigenvalue weighted by atomic mass is 10.2. The molecule has 0 bridgehead atoms. The highest BCUT2D eigenvalue weighted by molar-refractivity contribution is 5.88. The molecule has 5 aromatic rings. The van der Waals surface area contributed by atoms with Gasteiger partial charge in [-0.25, -0.2) is 18.5 Å². The van der Waals surface area contributed by atoms with E-state index >= 15 is 0 Å². The molecule has 1 amide bonds. The van der Waals surface area contributed by atoms with E-state index in [1.54, 1.807) is 48.7 Å². The van der Waals surface area contributed by atoms with Crippen LogP contribution < -0.4 is 35.5 Å². The Bertz CT molecular complexity index is 1920. The Hall–Kier alpha value is -5.69. The number of halogens is 1. The molecule has 13 heteroatoms. The second-order valence-electron chi connectivity index (χ2n) is 9.34. The minimum absolute atomic E-state index is 0.0450. The van der Waals surface area contributed by atoms with Crippen molar-refractivity contribution in [2.24, 2.45) is 0 Å². The van der Waals surface area contributed by atoms with Gasteiger partial charge in [-0.2, -0.15) is 0 Å². The molecule has 0 spiro atoms. The molecule has 12 nitrogen and oxygen atoms in total. The number of aliphatic hydroxyl groups excluding tert-OH is 1. The van der Waals surface area contributed by atoms with Gasteiger partial charge >= 0.3 is 17.3 Å². The number of hydrogen-bond donors (Lipinski definition) is 2. The van der Waals surface area contributed by atoms with E-state index in [0.29, 0.717) is 39.6 Å². The Labute approximate surface area is 249 Å². The van der Waals surface area contributed by atoms with E-state index in [-0.39, 0.29) is 25.3 Å². The maximum atomic E-state index is 13.5. The average molecular weight is 603 g/mol. The highest BCUT2D eigenvalue weighted by atomic mass is 19.1. The van der Waals surface area contributed by atoms with Crippen molar-refractivity contribution in [1.82, 2.24) is 14.1 Å². The fourth-order valence-electron chi connectivity index (χ4n) is 4.38. The maximum Gasteiger partial charge on any atom is 0.417 e. The van der Waals surface area contributed by atoms with Crippen molar-refractivity contribution in [1.29, 1.82) is 0 Å². The third-order valence-electron chi connectivity index (χ3n) is 6.50. The number of pyridine rings is 1. The number of nitrogens with one attached hydrogen (secondary N) is 1. The molecule has 5 rings (SSSR count). The number of carbonyl (C=O) groups is 1. The zero-order valence-electron chi connectivity index (χ0n) is 23.7.